The molecule has 1 aliphatic rings. The Morgan fingerprint density at radius 1 is 1.32 bits per heavy atom. The van der Waals surface area contributed by atoms with Gasteiger partial charge in [-0.1, -0.05) is 36.8 Å². The van der Waals surface area contributed by atoms with Gasteiger partial charge in [-0.25, -0.2) is 0 Å². The molecule has 3 heteroatoms. The molecule has 1 aromatic carbocycles. The smallest absolute Gasteiger partial charge is 0.222 e. The van der Waals surface area contributed by atoms with Crippen LogP contribution in [0.4, 0.5) is 0 Å². The SMILES string of the molecule is CN(CCc1ccccc1)C(=O)CC1(CN)CCC1. The van der Waals surface area contributed by atoms with Crippen LogP contribution < -0.4 is 5.73 Å². The fourth-order valence-electron chi connectivity index (χ4n) is 2.65. The highest BCUT2D eigenvalue weighted by molar-refractivity contribution is 5.76. The summed E-state index contributed by atoms with van der Waals surface area (Å²) in [5, 5.41) is 0. The van der Waals surface area contributed by atoms with E-state index in [0.717, 1.165) is 25.8 Å². The third kappa shape index (κ3) is 3.57. The lowest BCUT2D eigenvalue weighted by atomic mass is 9.66. The minimum Gasteiger partial charge on any atom is -0.345 e. The molecule has 2 rings (SSSR count). The van der Waals surface area contributed by atoms with E-state index >= 15 is 0 Å². The van der Waals surface area contributed by atoms with Crippen molar-refractivity contribution in [1.82, 2.24) is 4.90 Å². The second-order valence-corrected chi connectivity index (χ2v) is 5.79. The van der Waals surface area contributed by atoms with Gasteiger partial charge in [0.2, 0.25) is 5.91 Å². The lowest BCUT2D eigenvalue weighted by Crippen LogP contribution is -2.42. The van der Waals surface area contributed by atoms with Gasteiger partial charge >= 0.3 is 0 Å². The normalized spacial score (nSPS) is 16.7. The summed E-state index contributed by atoms with van der Waals surface area (Å²) in [5.41, 5.74) is 7.20. The number of rotatable bonds is 6. The molecule has 0 unspecified atom stereocenters. The van der Waals surface area contributed by atoms with Crippen molar-refractivity contribution in [3.05, 3.63) is 35.9 Å². The van der Waals surface area contributed by atoms with E-state index in [9.17, 15) is 4.79 Å². The van der Waals surface area contributed by atoms with Crippen LogP contribution in [-0.4, -0.2) is 30.9 Å². The first kappa shape index (κ1) is 14.1. The lowest BCUT2D eigenvalue weighted by molar-refractivity contribution is -0.133. The third-order valence-electron chi connectivity index (χ3n) is 4.38. The summed E-state index contributed by atoms with van der Waals surface area (Å²) in [6.45, 7) is 1.43. The predicted octanol–water partition coefficient (Wildman–Crippen LogP) is 2.21. The van der Waals surface area contributed by atoms with Crippen molar-refractivity contribution in [2.45, 2.75) is 32.1 Å². The first-order valence-corrected chi connectivity index (χ1v) is 7.13. The van der Waals surface area contributed by atoms with Crippen LogP contribution in [0, 0.1) is 5.41 Å². The van der Waals surface area contributed by atoms with Gasteiger partial charge in [-0.3, -0.25) is 4.79 Å². The summed E-state index contributed by atoms with van der Waals surface area (Å²) in [7, 11) is 1.90. The second-order valence-electron chi connectivity index (χ2n) is 5.79. The fraction of sp³-hybridized carbons (Fsp3) is 0.562. The average Bonchev–Trinajstić information content (AvgIpc) is 2.41. The zero-order valence-electron chi connectivity index (χ0n) is 11.8. The molecule has 0 bridgehead atoms. The molecule has 0 heterocycles. The molecule has 1 fully saturated rings. The molecule has 0 radical (unpaired) electrons. The van der Waals surface area contributed by atoms with Crippen LogP contribution >= 0.6 is 0 Å². The number of carbonyl (C=O) groups excluding carboxylic acids is 1. The van der Waals surface area contributed by atoms with E-state index in [1.165, 1.54) is 12.0 Å². The molecule has 104 valence electrons. The minimum atomic E-state index is 0.109. The number of amides is 1. The number of benzene rings is 1. The van der Waals surface area contributed by atoms with E-state index in [1.807, 2.05) is 30.1 Å². The van der Waals surface area contributed by atoms with Gasteiger partial charge in [-0.05, 0) is 36.8 Å². The van der Waals surface area contributed by atoms with Gasteiger partial charge in [-0.15, -0.1) is 0 Å². The molecular weight excluding hydrogens is 236 g/mol. The Bertz CT molecular complexity index is 407. The number of hydrogen-bond acceptors (Lipinski definition) is 2. The summed E-state index contributed by atoms with van der Waals surface area (Å²) in [5.74, 6) is 0.237. The first-order valence-electron chi connectivity index (χ1n) is 7.13. The van der Waals surface area contributed by atoms with Gasteiger partial charge in [-0.2, -0.15) is 0 Å². The van der Waals surface area contributed by atoms with E-state index in [4.69, 9.17) is 5.73 Å². The van der Waals surface area contributed by atoms with E-state index in [-0.39, 0.29) is 11.3 Å². The second kappa shape index (κ2) is 6.20. The zero-order chi connectivity index (χ0) is 13.7. The topological polar surface area (TPSA) is 46.3 Å². The fourth-order valence-corrected chi connectivity index (χ4v) is 2.65. The van der Waals surface area contributed by atoms with E-state index in [1.54, 1.807) is 0 Å². The van der Waals surface area contributed by atoms with E-state index < -0.39 is 0 Å². The highest BCUT2D eigenvalue weighted by atomic mass is 16.2. The summed E-state index contributed by atoms with van der Waals surface area (Å²) in [6.07, 6.45) is 4.98. The molecule has 1 aromatic rings. The number of likely N-dealkylation sites (N-methyl/N-ethyl adjacent to an activating group) is 1. The molecule has 1 amide bonds. The van der Waals surface area contributed by atoms with E-state index in [2.05, 4.69) is 12.1 Å². The van der Waals surface area contributed by atoms with Gasteiger partial charge in [0.15, 0.2) is 0 Å². The van der Waals surface area contributed by atoms with Crippen LogP contribution in [0.3, 0.4) is 0 Å². The molecule has 2 N–H and O–H groups in total. The van der Waals surface area contributed by atoms with Crippen LogP contribution in [0.1, 0.15) is 31.2 Å². The van der Waals surface area contributed by atoms with Gasteiger partial charge in [0.25, 0.3) is 0 Å². The molecule has 19 heavy (non-hydrogen) atoms. The van der Waals surface area contributed by atoms with Crippen molar-refractivity contribution in [1.29, 1.82) is 0 Å². The highest BCUT2D eigenvalue weighted by Crippen LogP contribution is 2.43. The lowest BCUT2D eigenvalue weighted by Gasteiger charge is -2.41. The molecule has 0 aromatic heterocycles. The zero-order valence-corrected chi connectivity index (χ0v) is 11.8. The minimum absolute atomic E-state index is 0.109. The third-order valence-corrected chi connectivity index (χ3v) is 4.38. The van der Waals surface area contributed by atoms with Crippen LogP contribution in [0.5, 0.6) is 0 Å². The quantitative estimate of drug-likeness (QED) is 0.852. The molecule has 1 saturated carbocycles. The van der Waals surface area contributed by atoms with Crippen molar-refractivity contribution < 1.29 is 4.79 Å². The van der Waals surface area contributed by atoms with Crippen molar-refractivity contribution in [2.75, 3.05) is 20.1 Å². The Labute approximate surface area is 115 Å². The average molecular weight is 260 g/mol. The van der Waals surface area contributed by atoms with Gasteiger partial charge in [0.05, 0.1) is 0 Å². The van der Waals surface area contributed by atoms with Crippen molar-refractivity contribution in [3.63, 3.8) is 0 Å². The maximum absolute atomic E-state index is 12.2. The Morgan fingerprint density at radius 3 is 2.53 bits per heavy atom. The van der Waals surface area contributed by atoms with E-state index in [0.29, 0.717) is 13.0 Å². The maximum atomic E-state index is 12.2. The molecule has 0 aliphatic heterocycles. The summed E-state index contributed by atoms with van der Waals surface area (Å²) in [4.78, 5) is 14.1. The Kier molecular flexibility index (Phi) is 4.59. The summed E-state index contributed by atoms with van der Waals surface area (Å²) >= 11 is 0. The summed E-state index contributed by atoms with van der Waals surface area (Å²) in [6, 6.07) is 10.3. The van der Waals surface area contributed by atoms with Crippen molar-refractivity contribution in [2.24, 2.45) is 11.1 Å². The number of nitrogens with two attached hydrogens (primary N) is 1. The van der Waals surface area contributed by atoms with Crippen LogP contribution in [-0.2, 0) is 11.2 Å². The molecule has 0 atom stereocenters. The standard InChI is InChI=1S/C16H24N2O/c1-18(11-8-14-6-3-2-4-7-14)15(19)12-16(13-17)9-5-10-16/h2-4,6-7H,5,8-13,17H2,1H3. The Hall–Kier alpha value is -1.35. The number of nitrogens with zero attached hydrogens (tertiary/aromatic N) is 1. The maximum Gasteiger partial charge on any atom is 0.222 e. The molecule has 0 spiro atoms. The predicted molar refractivity (Wildman–Crippen MR) is 77.7 cm³/mol. The number of carbonyl (C=O) groups is 1. The van der Waals surface area contributed by atoms with Gasteiger partial charge < -0.3 is 10.6 Å². The summed E-state index contributed by atoms with van der Waals surface area (Å²) < 4.78 is 0. The van der Waals surface area contributed by atoms with Crippen LogP contribution in [0.2, 0.25) is 0 Å². The largest absolute Gasteiger partial charge is 0.345 e. The van der Waals surface area contributed by atoms with Crippen LogP contribution in [0.25, 0.3) is 0 Å². The monoisotopic (exact) mass is 260 g/mol. The molecule has 3 nitrogen and oxygen atoms in total. The number of hydrogen-bond donors (Lipinski definition) is 1. The highest BCUT2D eigenvalue weighted by Gasteiger charge is 2.38. The van der Waals surface area contributed by atoms with Gasteiger partial charge in [0.1, 0.15) is 0 Å². The Balaban J connectivity index is 1.79. The molecule has 0 saturated heterocycles. The van der Waals surface area contributed by atoms with Crippen molar-refractivity contribution in [3.8, 4) is 0 Å². The first-order chi connectivity index (χ1) is 9.15. The van der Waals surface area contributed by atoms with Gasteiger partial charge in [0, 0.05) is 20.0 Å². The molecular formula is C16H24N2O. The molecule has 1 aliphatic carbocycles. The van der Waals surface area contributed by atoms with Crippen LogP contribution in [0.15, 0.2) is 30.3 Å². The van der Waals surface area contributed by atoms with Crippen molar-refractivity contribution >= 4 is 5.91 Å². The Morgan fingerprint density at radius 2 is 2.00 bits per heavy atom.